The first-order valence-corrected chi connectivity index (χ1v) is 7.29. The molecule has 0 heterocycles. The summed E-state index contributed by atoms with van der Waals surface area (Å²) >= 11 is 4.31. The molecule has 1 amide bonds. The van der Waals surface area contributed by atoms with Gasteiger partial charge >= 0.3 is 0 Å². The van der Waals surface area contributed by atoms with Crippen molar-refractivity contribution in [3.8, 4) is 0 Å². The Bertz CT molecular complexity index is 455. The SMILES string of the molecule is Cc1ccc(S)cc1C(=O)N(CCO)C1CCCC1. The van der Waals surface area contributed by atoms with Crippen LogP contribution in [-0.4, -0.2) is 35.1 Å². The van der Waals surface area contributed by atoms with Gasteiger partial charge in [-0.3, -0.25) is 4.79 Å². The Hall–Kier alpha value is -1.00. The summed E-state index contributed by atoms with van der Waals surface area (Å²) in [7, 11) is 0. The Kier molecular flexibility index (Phi) is 4.88. The minimum atomic E-state index is 0.0157. The molecule has 1 aliphatic carbocycles. The third-order valence-corrected chi connectivity index (χ3v) is 4.10. The van der Waals surface area contributed by atoms with Crippen molar-refractivity contribution in [2.45, 2.75) is 43.5 Å². The number of amides is 1. The largest absolute Gasteiger partial charge is 0.395 e. The summed E-state index contributed by atoms with van der Waals surface area (Å²) in [5.41, 5.74) is 1.66. The van der Waals surface area contributed by atoms with Crippen LogP contribution in [0.2, 0.25) is 0 Å². The van der Waals surface area contributed by atoms with Crippen LogP contribution in [0.25, 0.3) is 0 Å². The zero-order chi connectivity index (χ0) is 13.8. The van der Waals surface area contributed by atoms with Crippen LogP contribution in [0.3, 0.4) is 0 Å². The Labute approximate surface area is 120 Å². The molecule has 104 valence electrons. The molecule has 1 N–H and O–H groups in total. The summed E-state index contributed by atoms with van der Waals surface area (Å²) in [5, 5.41) is 9.21. The zero-order valence-electron chi connectivity index (χ0n) is 11.3. The molecule has 3 nitrogen and oxygen atoms in total. The van der Waals surface area contributed by atoms with Crippen LogP contribution in [-0.2, 0) is 0 Å². The number of aliphatic hydroxyl groups is 1. The number of nitrogens with zero attached hydrogens (tertiary/aromatic N) is 1. The van der Waals surface area contributed by atoms with E-state index in [1.165, 1.54) is 12.8 Å². The fraction of sp³-hybridized carbons (Fsp3) is 0.533. The van der Waals surface area contributed by atoms with Crippen LogP contribution >= 0.6 is 12.6 Å². The second kappa shape index (κ2) is 6.44. The molecule has 1 fully saturated rings. The Morgan fingerprint density at radius 1 is 1.42 bits per heavy atom. The number of hydrogen-bond acceptors (Lipinski definition) is 3. The molecular weight excluding hydrogens is 258 g/mol. The van der Waals surface area contributed by atoms with Crippen molar-refractivity contribution < 1.29 is 9.90 Å². The van der Waals surface area contributed by atoms with Crippen molar-refractivity contribution in [2.24, 2.45) is 0 Å². The maximum absolute atomic E-state index is 12.7. The van der Waals surface area contributed by atoms with Gasteiger partial charge in [-0.25, -0.2) is 0 Å². The van der Waals surface area contributed by atoms with Gasteiger partial charge in [-0.2, -0.15) is 0 Å². The molecule has 1 saturated carbocycles. The highest BCUT2D eigenvalue weighted by molar-refractivity contribution is 7.80. The third kappa shape index (κ3) is 3.31. The van der Waals surface area contributed by atoms with Gasteiger partial charge in [0.2, 0.25) is 0 Å². The summed E-state index contributed by atoms with van der Waals surface area (Å²) < 4.78 is 0. The zero-order valence-corrected chi connectivity index (χ0v) is 12.2. The number of carbonyl (C=O) groups is 1. The monoisotopic (exact) mass is 279 g/mol. The number of benzene rings is 1. The van der Waals surface area contributed by atoms with Gasteiger partial charge in [0.1, 0.15) is 0 Å². The van der Waals surface area contributed by atoms with Crippen molar-refractivity contribution in [3.63, 3.8) is 0 Å². The molecule has 0 atom stereocenters. The van der Waals surface area contributed by atoms with Gasteiger partial charge in [-0.15, -0.1) is 12.6 Å². The van der Waals surface area contributed by atoms with E-state index in [0.717, 1.165) is 23.3 Å². The molecule has 0 bridgehead atoms. The molecule has 0 radical (unpaired) electrons. The smallest absolute Gasteiger partial charge is 0.254 e. The number of thiol groups is 1. The average Bonchev–Trinajstić information content (AvgIpc) is 2.92. The van der Waals surface area contributed by atoms with Crippen LogP contribution in [0.15, 0.2) is 23.1 Å². The molecule has 2 rings (SSSR count). The number of aliphatic hydroxyl groups excluding tert-OH is 1. The predicted molar refractivity (Wildman–Crippen MR) is 78.8 cm³/mol. The molecule has 0 unspecified atom stereocenters. The van der Waals surface area contributed by atoms with E-state index in [1.807, 2.05) is 30.0 Å². The predicted octanol–water partition coefficient (Wildman–Crippen LogP) is 2.66. The Morgan fingerprint density at radius 3 is 2.74 bits per heavy atom. The van der Waals surface area contributed by atoms with Crippen LogP contribution in [0, 0.1) is 6.92 Å². The average molecular weight is 279 g/mol. The van der Waals surface area contributed by atoms with Gasteiger partial charge in [0.25, 0.3) is 5.91 Å². The molecule has 19 heavy (non-hydrogen) atoms. The lowest BCUT2D eigenvalue weighted by atomic mass is 10.1. The van der Waals surface area contributed by atoms with Gasteiger partial charge < -0.3 is 10.0 Å². The first kappa shape index (κ1) is 14.4. The third-order valence-electron chi connectivity index (χ3n) is 3.82. The highest BCUT2D eigenvalue weighted by atomic mass is 32.1. The highest BCUT2D eigenvalue weighted by Gasteiger charge is 2.27. The fourth-order valence-electron chi connectivity index (χ4n) is 2.77. The van der Waals surface area contributed by atoms with Gasteiger partial charge in [-0.1, -0.05) is 18.9 Å². The standard InChI is InChI=1S/C15H21NO2S/c1-11-6-7-13(19)10-14(11)15(18)16(8-9-17)12-4-2-3-5-12/h6-7,10,12,17,19H,2-5,8-9H2,1H3. The molecule has 0 aliphatic heterocycles. The maximum atomic E-state index is 12.7. The minimum absolute atomic E-state index is 0.0157. The topological polar surface area (TPSA) is 40.5 Å². The fourth-order valence-corrected chi connectivity index (χ4v) is 2.97. The van der Waals surface area contributed by atoms with E-state index in [9.17, 15) is 9.90 Å². The van der Waals surface area contributed by atoms with Crippen molar-refractivity contribution in [3.05, 3.63) is 29.3 Å². The molecule has 0 spiro atoms. The lowest BCUT2D eigenvalue weighted by Gasteiger charge is -2.29. The summed E-state index contributed by atoms with van der Waals surface area (Å²) in [6, 6.07) is 5.91. The first-order chi connectivity index (χ1) is 9.13. The summed E-state index contributed by atoms with van der Waals surface area (Å²) in [6.07, 6.45) is 4.44. The summed E-state index contributed by atoms with van der Waals surface area (Å²) in [5.74, 6) is 0.0225. The number of aryl methyl sites for hydroxylation is 1. The lowest BCUT2D eigenvalue weighted by molar-refractivity contribution is 0.0637. The highest BCUT2D eigenvalue weighted by Crippen LogP contribution is 2.26. The Balaban J connectivity index is 2.25. The van der Waals surface area contributed by atoms with Gasteiger partial charge in [-0.05, 0) is 37.5 Å². The van der Waals surface area contributed by atoms with Crippen molar-refractivity contribution in [1.29, 1.82) is 0 Å². The molecule has 1 aromatic carbocycles. The van der Waals surface area contributed by atoms with Crippen molar-refractivity contribution in [2.75, 3.05) is 13.2 Å². The quantitative estimate of drug-likeness (QED) is 0.832. The maximum Gasteiger partial charge on any atom is 0.254 e. The Morgan fingerprint density at radius 2 is 2.11 bits per heavy atom. The summed E-state index contributed by atoms with van der Waals surface area (Å²) in [4.78, 5) is 15.3. The van der Waals surface area contributed by atoms with Crippen molar-refractivity contribution in [1.82, 2.24) is 4.90 Å². The van der Waals surface area contributed by atoms with E-state index in [-0.39, 0.29) is 18.6 Å². The molecule has 4 heteroatoms. The minimum Gasteiger partial charge on any atom is -0.395 e. The van der Waals surface area contributed by atoms with E-state index in [1.54, 1.807) is 0 Å². The van der Waals surface area contributed by atoms with E-state index in [2.05, 4.69) is 12.6 Å². The van der Waals surface area contributed by atoms with E-state index >= 15 is 0 Å². The van der Waals surface area contributed by atoms with Gasteiger partial charge in [0.15, 0.2) is 0 Å². The van der Waals surface area contributed by atoms with E-state index in [0.29, 0.717) is 12.1 Å². The van der Waals surface area contributed by atoms with Crippen LogP contribution in [0.4, 0.5) is 0 Å². The van der Waals surface area contributed by atoms with Crippen molar-refractivity contribution >= 4 is 18.5 Å². The normalized spacial score (nSPS) is 15.7. The van der Waals surface area contributed by atoms with Crippen LogP contribution in [0.5, 0.6) is 0 Å². The summed E-state index contributed by atoms with van der Waals surface area (Å²) in [6.45, 7) is 2.37. The van der Waals surface area contributed by atoms with Gasteiger partial charge in [0, 0.05) is 23.0 Å². The van der Waals surface area contributed by atoms with E-state index < -0.39 is 0 Å². The second-order valence-corrected chi connectivity index (χ2v) is 5.68. The molecule has 1 aromatic rings. The van der Waals surface area contributed by atoms with Crippen LogP contribution < -0.4 is 0 Å². The molecular formula is C15H21NO2S. The molecule has 0 saturated heterocycles. The molecule has 0 aromatic heterocycles. The van der Waals surface area contributed by atoms with E-state index in [4.69, 9.17) is 0 Å². The lowest BCUT2D eigenvalue weighted by Crippen LogP contribution is -2.41. The molecule has 1 aliphatic rings. The number of rotatable bonds is 4. The second-order valence-electron chi connectivity index (χ2n) is 5.16. The number of carbonyl (C=O) groups excluding carboxylic acids is 1. The van der Waals surface area contributed by atoms with Gasteiger partial charge in [0.05, 0.1) is 6.61 Å². The van der Waals surface area contributed by atoms with Crippen LogP contribution in [0.1, 0.15) is 41.6 Å². The first-order valence-electron chi connectivity index (χ1n) is 6.85. The number of hydrogen-bond donors (Lipinski definition) is 2.